The lowest BCUT2D eigenvalue weighted by Gasteiger charge is -2.32. The molecule has 1 aliphatic rings. The van der Waals surface area contributed by atoms with Crippen molar-refractivity contribution < 1.29 is 13.7 Å². The summed E-state index contributed by atoms with van der Waals surface area (Å²) in [6.45, 7) is 9.45. The molecule has 0 amide bonds. The van der Waals surface area contributed by atoms with Crippen LogP contribution in [0.25, 0.3) is 0 Å². The summed E-state index contributed by atoms with van der Waals surface area (Å²) in [7, 11) is -0.778. The molecule has 0 saturated carbocycles. The van der Waals surface area contributed by atoms with Crippen molar-refractivity contribution in [1.29, 1.82) is 0 Å². The molecule has 2 N–H and O–H groups in total. The molecule has 4 nitrogen and oxygen atoms in total. The average Bonchev–Trinajstić information content (AvgIpc) is 2.47. The summed E-state index contributed by atoms with van der Waals surface area (Å²) in [5.41, 5.74) is 5.58. The Balaban J connectivity index is 2.45. The fourth-order valence-corrected chi connectivity index (χ4v) is 2.02. The van der Waals surface area contributed by atoms with E-state index < -0.39 is 24.1 Å². The quantitative estimate of drug-likeness (QED) is 0.825. The zero-order chi connectivity index (χ0) is 14.4. The lowest BCUT2D eigenvalue weighted by Crippen LogP contribution is -2.41. The van der Waals surface area contributed by atoms with E-state index in [9.17, 15) is 4.39 Å². The molecular weight excluding hydrogens is 246 g/mol. The van der Waals surface area contributed by atoms with E-state index in [0.29, 0.717) is 11.2 Å². The predicted octanol–water partition coefficient (Wildman–Crippen LogP) is 1.54. The van der Waals surface area contributed by atoms with Gasteiger partial charge in [-0.15, -0.1) is 0 Å². The Kier molecular flexibility index (Phi) is 3.45. The lowest BCUT2D eigenvalue weighted by molar-refractivity contribution is 0.00578. The van der Waals surface area contributed by atoms with Crippen LogP contribution in [0, 0.1) is 5.82 Å². The van der Waals surface area contributed by atoms with Crippen molar-refractivity contribution in [2.24, 2.45) is 5.73 Å². The van der Waals surface area contributed by atoms with Crippen LogP contribution in [0.3, 0.4) is 0 Å². The van der Waals surface area contributed by atoms with E-state index in [4.69, 9.17) is 15.0 Å². The molecule has 1 unspecified atom stereocenters. The zero-order valence-electron chi connectivity index (χ0n) is 12.0. The van der Waals surface area contributed by atoms with Gasteiger partial charge in [0.25, 0.3) is 0 Å². The van der Waals surface area contributed by atoms with Crippen LogP contribution >= 0.6 is 0 Å². The molecule has 1 aromatic rings. The summed E-state index contributed by atoms with van der Waals surface area (Å²) < 4.78 is 25.8. The van der Waals surface area contributed by atoms with Crippen molar-refractivity contribution in [1.82, 2.24) is 4.98 Å². The van der Waals surface area contributed by atoms with Gasteiger partial charge in [0.15, 0.2) is 0 Å². The number of nitrogens with two attached hydrogens (primary N) is 1. The monoisotopic (exact) mass is 266 g/mol. The van der Waals surface area contributed by atoms with E-state index in [2.05, 4.69) is 4.98 Å². The van der Waals surface area contributed by atoms with Gasteiger partial charge in [0.2, 0.25) is 0 Å². The third-order valence-corrected chi connectivity index (χ3v) is 3.89. The topological polar surface area (TPSA) is 57.4 Å². The van der Waals surface area contributed by atoms with Gasteiger partial charge >= 0.3 is 7.12 Å². The van der Waals surface area contributed by atoms with E-state index in [0.717, 1.165) is 0 Å². The lowest BCUT2D eigenvalue weighted by atomic mass is 9.76. The van der Waals surface area contributed by atoms with Crippen LogP contribution in [0.15, 0.2) is 12.3 Å². The highest BCUT2D eigenvalue weighted by Crippen LogP contribution is 2.37. The Morgan fingerprint density at radius 3 is 2.26 bits per heavy atom. The standard InChI is InChI=1S/C13H20BFN2O2/c1-8(16)11-10(9(15)6-7-17-11)14-18-12(2,3)13(4,5)19-14/h6-8H,16H2,1-5H3. The van der Waals surface area contributed by atoms with Crippen LogP contribution in [0.4, 0.5) is 4.39 Å². The second kappa shape index (κ2) is 4.54. The van der Waals surface area contributed by atoms with E-state index in [-0.39, 0.29) is 6.04 Å². The van der Waals surface area contributed by atoms with Crippen LogP contribution in [-0.2, 0) is 9.31 Å². The van der Waals surface area contributed by atoms with E-state index in [1.54, 1.807) is 6.92 Å². The smallest absolute Gasteiger partial charge is 0.399 e. The molecule has 0 bridgehead atoms. The SMILES string of the molecule is CC(N)c1nccc(F)c1B1OC(C)(C)C(C)(C)O1. The van der Waals surface area contributed by atoms with Crippen molar-refractivity contribution in [2.45, 2.75) is 51.9 Å². The number of nitrogens with zero attached hydrogens (tertiary/aromatic N) is 1. The predicted molar refractivity (Wildman–Crippen MR) is 72.5 cm³/mol. The maximum atomic E-state index is 14.1. The molecule has 1 aromatic heterocycles. The van der Waals surface area contributed by atoms with Crippen molar-refractivity contribution in [2.75, 3.05) is 0 Å². The van der Waals surface area contributed by atoms with Crippen molar-refractivity contribution >= 4 is 12.6 Å². The van der Waals surface area contributed by atoms with Gasteiger partial charge in [0.05, 0.1) is 16.9 Å². The van der Waals surface area contributed by atoms with Gasteiger partial charge in [-0.2, -0.15) is 0 Å². The van der Waals surface area contributed by atoms with E-state index in [1.165, 1.54) is 12.3 Å². The third-order valence-electron chi connectivity index (χ3n) is 3.89. The van der Waals surface area contributed by atoms with Crippen LogP contribution in [-0.4, -0.2) is 23.3 Å². The molecule has 6 heteroatoms. The van der Waals surface area contributed by atoms with Crippen molar-refractivity contribution in [3.63, 3.8) is 0 Å². The molecule has 2 heterocycles. The molecular formula is C13H20BFN2O2. The van der Waals surface area contributed by atoms with Crippen LogP contribution in [0.5, 0.6) is 0 Å². The Hall–Kier alpha value is -0.975. The highest BCUT2D eigenvalue weighted by Gasteiger charge is 2.53. The Labute approximate surface area is 113 Å². The molecule has 0 spiro atoms. The second-order valence-corrected chi connectivity index (χ2v) is 5.97. The Bertz CT molecular complexity index is 476. The van der Waals surface area contributed by atoms with Crippen molar-refractivity contribution in [3.05, 3.63) is 23.8 Å². The molecule has 1 saturated heterocycles. The first-order valence-corrected chi connectivity index (χ1v) is 6.41. The van der Waals surface area contributed by atoms with Gasteiger partial charge in [-0.25, -0.2) is 4.39 Å². The number of pyridine rings is 1. The minimum absolute atomic E-state index is 0.302. The van der Waals surface area contributed by atoms with Crippen molar-refractivity contribution in [3.8, 4) is 0 Å². The van der Waals surface area contributed by atoms with Gasteiger partial charge in [-0.1, -0.05) is 0 Å². The first kappa shape index (κ1) is 14.4. The molecule has 1 fully saturated rings. The molecule has 2 rings (SSSR count). The fourth-order valence-electron chi connectivity index (χ4n) is 2.02. The maximum absolute atomic E-state index is 14.1. The van der Waals surface area contributed by atoms with Crippen LogP contribution in [0.2, 0.25) is 0 Å². The largest absolute Gasteiger partial charge is 0.499 e. The summed E-state index contributed by atoms with van der Waals surface area (Å²) in [5.74, 6) is -0.402. The number of hydrogen-bond donors (Lipinski definition) is 1. The maximum Gasteiger partial charge on any atom is 0.499 e. The number of rotatable bonds is 2. The Morgan fingerprint density at radius 2 is 1.79 bits per heavy atom. The zero-order valence-corrected chi connectivity index (χ0v) is 12.0. The third kappa shape index (κ3) is 2.40. The Morgan fingerprint density at radius 1 is 1.26 bits per heavy atom. The first-order valence-electron chi connectivity index (χ1n) is 6.41. The summed E-state index contributed by atoms with van der Waals surface area (Å²) >= 11 is 0. The molecule has 0 aromatic carbocycles. The minimum atomic E-state index is -0.778. The molecule has 104 valence electrons. The molecule has 1 atom stereocenters. The van der Waals surface area contributed by atoms with Gasteiger partial charge in [0, 0.05) is 17.7 Å². The number of aromatic nitrogens is 1. The van der Waals surface area contributed by atoms with E-state index >= 15 is 0 Å². The minimum Gasteiger partial charge on any atom is -0.399 e. The van der Waals surface area contributed by atoms with Gasteiger partial charge in [0.1, 0.15) is 5.82 Å². The highest BCUT2D eigenvalue weighted by atomic mass is 19.1. The van der Waals surface area contributed by atoms with Crippen LogP contribution in [0.1, 0.15) is 46.4 Å². The van der Waals surface area contributed by atoms with Gasteiger partial charge in [-0.3, -0.25) is 4.98 Å². The summed E-state index contributed by atoms with van der Waals surface area (Å²) in [6, 6.07) is 0.913. The number of hydrogen-bond acceptors (Lipinski definition) is 4. The fraction of sp³-hybridized carbons (Fsp3) is 0.615. The molecule has 0 aliphatic carbocycles. The van der Waals surface area contributed by atoms with Crippen LogP contribution < -0.4 is 11.2 Å². The van der Waals surface area contributed by atoms with Gasteiger partial charge in [-0.05, 0) is 40.7 Å². The second-order valence-electron chi connectivity index (χ2n) is 5.97. The molecule has 0 radical (unpaired) electrons. The highest BCUT2D eigenvalue weighted by molar-refractivity contribution is 6.62. The molecule has 1 aliphatic heterocycles. The summed E-state index contributed by atoms with van der Waals surface area (Å²) in [4.78, 5) is 4.15. The molecule has 19 heavy (non-hydrogen) atoms. The van der Waals surface area contributed by atoms with Gasteiger partial charge < -0.3 is 15.0 Å². The normalized spacial score (nSPS) is 22.6. The summed E-state index contributed by atoms with van der Waals surface area (Å²) in [5, 5.41) is 0. The summed E-state index contributed by atoms with van der Waals surface area (Å²) in [6.07, 6.45) is 1.41. The van der Waals surface area contributed by atoms with E-state index in [1.807, 2.05) is 27.7 Å². The number of halogens is 1. The average molecular weight is 266 g/mol. The first-order chi connectivity index (χ1) is 8.66.